The van der Waals surface area contributed by atoms with E-state index >= 15 is 0 Å². The molecule has 3 N–H and O–H groups in total. The summed E-state index contributed by atoms with van der Waals surface area (Å²) in [6.45, 7) is 3.32. The molecule has 1 aromatic carbocycles. The highest BCUT2D eigenvalue weighted by atomic mass is 31.2. The third-order valence-corrected chi connectivity index (χ3v) is 9.72. The fraction of sp³-hybridized carbons (Fsp3) is 0.350. The minimum atomic E-state index is -4.90. The van der Waals surface area contributed by atoms with E-state index < -0.39 is 45.0 Å². The minimum absolute atomic E-state index is 0.0163. The zero-order valence-electron chi connectivity index (χ0n) is 18.2. The van der Waals surface area contributed by atoms with Crippen molar-refractivity contribution in [1.82, 2.24) is 4.98 Å². The summed E-state index contributed by atoms with van der Waals surface area (Å²) in [4.78, 5) is 37.2. The Morgan fingerprint density at radius 2 is 2.00 bits per heavy atom. The SMILES string of the molecule is C=P1(O)OC(c2ccc(OC(=O)OC(C)C)c(OC)c2)OP(=O)(O)C1(O)Cc1cccnc1. The topological polar surface area (TPSA) is 154 Å². The van der Waals surface area contributed by atoms with Gasteiger partial charge in [-0.1, -0.05) is 6.07 Å². The summed E-state index contributed by atoms with van der Waals surface area (Å²) in [5.41, 5.74) is 0.523. The molecule has 0 spiro atoms. The molecule has 2 aromatic rings. The van der Waals surface area contributed by atoms with Crippen molar-refractivity contribution in [1.29, 1.82) is 0 Å². The van der Waals surface area contributed by atoms with Gasteiger partial charge in [0.25, 0.3) is 0 Å². The number of hydrogen-bond acceptors (Lipinski definition) is 10. The molecule has 0 bridgehead atoms. The Balaban J connectivity index is 1.88. The first-order chi connectivity index (χ1) is 15.4. The van der Waals surface area contributed by atoms with Gasteiger partial charge in [-0.25, -0.2) is 4.79 Å². The van der Waals surface area contributed by atoms with E-state index in [9.17, 15) is 24.3 Å². The van der Waals surface area contributed by atoms with Crippen LogP contribution in [0.1, 0.15) is 31.3 Å². The van der Waals surface area contributed by atoms with E-state index in [1.807, 2.05) is 0 Å². The highest BCUT2D eigenvalue weighted by Gasteiger charge is 2.62. The maximum atomic E-state index is 13.1. The standard InChI is InChI=1S/C20H25NO10P2/c1-13(2)28-19(22)29-16-8-7-15(10-17(16)27-3)18-30-32(4,24)20(23,33(25,26)31-18)11-14-6-5-9-21-12-14/h5-10,12-13,18,23-24H,4,11H2,1-3H3,(H,25,26). The normalized spacial score (nSPS) is 29.5. The van der Waals surface area contributed by atoms with E-state index in [1.54, 1.807) is 26.0 Å². The summed E-state index contributed by atoms with van der Waals surface area (Å²) >= 11 is 0. The number of ether oxygens (including phenoxy) is 3. The van der Waals surface area contributed by atoms with E-state index in [4.69, 9.17) is 23.3 Å². The molecule has 1 aromatic heterocycles. The summed E-state index contributed by atoms with van der Waals surface area (Å²) in [6, 6.07) is 7.17. The largest absolute Gasteiger partial charge is 0.514 e. The summed E-state index contributed by atoms with van der Waals surface area (Å²) in [5.74, 6) is 0.0814. The lowest BCUT2D eigenvalue weighted by Gasteiger charge is -2.45. The molecule has 1 aliphatic heterocycles. The highest BCUT2D eigenvalue weighted by Crippen LogP contribution is 2.78. The Bertz CT molecular complexity index is 1080. The van der Waals surface area contributed by atoms with Gasteiger partial charge in [-0.15, -0.1) is 0 Å². The Labute approximate surface area is 190 Å². The minimum Gasteiger partial charge on any atom is -0.493 e. The van der Waals surface area contributed by atoms with E-state index in [0.717, 1.165) is 0 Å². The second-order valence-corrected chi connectivity index (χ2v) is 12.2. The molecule has 1 fully saturated rings. The maximum Gasteiger partial charge on any atom is 0.514 e. The lowest BCUT2D eigenvalue weighted by molar-refractivity contribution is -0.0474. The number of benzene rings is 1. The second-order valence-electron chi connectivity index (χ2n) is 7.51. The molecular weight excluding hydrogens is 476 g/mol. The molecule has 33 heavy (non-hydrogen) atoms. The smallest absolute Gasteiger partial charge is 0.493 e. The van der Waals surface area contributed by atoms with Gasteiger partial charge in [-0.3, -0.25) is 18.6 Å². The molecule has 4 atom stereocenters. The van der Waals surface area contributed by atoms with Gasteiger partial charge in [0.1, 0.15) is 0 Å². The fourth-order valence-corrected chi connectivity index (χ4v) is 7.00. The van der Waals surface area contributed by atoms with Crippen LogP contribution in [0.3, 0.4) is 0 Å². The first-order valence-corrected chi connectivity index (χ1v) is 13.1. The second kappa shape index (κ2) is 9.56. The van der Waals surface area contributed by atoms with Gasteiger partial charge in [0, 0.05) is 24.4 Å². The van der Waals surface area contributed by atoms with Crippen molar-refractivity contribution in [2.45, 2.75) is 37.7 Å². The Morgan fingerprint density at radius 3 is 2.58 bits per heavy atom. The lowest BCUT2D eigenvalue weighted by atomic mass is 10.2. The van der Waals surface area contributed by atoms with Crippen molar-refractivity contribution >= 4 is 27.4 Å². The first kappa shape index (κ1) is 25.4. The molecule has 11 nitrogen and oxygen atoms in total. The van der Waals surface area contributed by atoms with Crippen LogP contribution in [0, 0.1) is 0 Å². The van der Waals surface area contributed by atoms with Gasteiger partial charge in [-0.2, -0.15) is 0 Å². The van der Waals surface area contributed by atoms with Crippen LogP contribution in [0.15, 0.2) is 42.7 Å². The van der Waals surface area contributed by atoms with Crippen LogP contribution < -0.4 is 9.47 Å². The average Bonchev–Trinajstić information content (AvgIpc) is 2.72. The summed E-state index contributed by atoms with van der Waals surface area (Å²) in [6.07, 6.45) is 3.02. The first-order valence-electron chi connectivity index (χ1n) is 9.72. The van der Waals surface area contributed by atoms with Crippen molar-refractivity contribution < 1.29 is 47.5 Å². The Morgan fingerprint density at radius 1 is 1.27 bits per heavy atom. The van der Waals surface area contributed by atoms with Crippen molar-refractivity contribution in [2.24, 2.45) is 0 Å². The Hall–Kier alpha value is -2.23. The maximum absolute atomic E-state index is 13.1. The lowest BCUT2D eigenvalue weighted by Crippen LogP contribution is -2.38. The van der Waals surface area contributed by atoms with Crippen LogP contribution in [0.2, 0.25) is 0 Å². The third-order valence-electron chi connectivity index (χ3n) is 4.67. The summed E-state index contributed by atoms with van der Waals surface area (Å²) < 4.78 is 39.0. The van der Waals surface area contributed by atoms with Gasteiger partial charge in [-0.05, 0) is 50.0 Å². The number of methoxy groups -OCH3 is 1. The molecule has 1 saturated heterocycles. The van der Waals surface area contributed by atoms with E-state index in [1.165, 1.54) is 37.7 Å². The third kappa shape index (κ3) is 5.31. The van der Waals surface area contributed by atoms with Crippen molar-refractivity contribution in [3.05, 3.63) is 53.9 Å². The van der Waals surface area contributed by atoms with Crippen LogP contribution in [-0.4, -0.2) is 50.6 Å². The summed E-state index contributed by atoms with van der Waals surface area (Å²) in [5, 5.41) is 8.34. The number of nitrogens with zero attached hydrogens (tertiary/aromatic N) is 1. The molecule has 0 saturated carbocycles. The average molecular weight is 501 g/mol. The fourth-order valence-electron chi connectivity index (χ4n) is 3.02. The van der Waals surface area contributed by atoms with E-state index in [0.29, 0.717) is 5.56 Å². The molecule has 13 heteroatoms. The molecule has 0 amide bonds. The number of aromatic nitrogens is 1. The van der Waals surface area contributed by atoms with Gasteiger partial charge in [0.15, 0.2) is 25.1 Å². The van der Waals surface area contributed by atoms with Gasteiger partial charge < -0.3 is 29.1 Å². The number of pyridine rings is 1. The summed E-state index contributed by atoms with van der Waals surface area (Å²) in [7, 11) is -7.73. The molecule has 0 aliphatic carbocycles. The molecule has 180 valence electrons. The van der Waals surface area contributed by atoms with Crippen molar-refractivity contribution in [3.63, 3.8) is 0 Å². The van der Waals surface area contributed by atoms with Crippen LogP contribution in [-0.2, 0) is 24.8 Å². The zero-order valence-corrected chi connectivity index (χ0v) is 19.9. The molecule has 0 radical (unpaired) electrons. The Kier molecular flexibility index (Phi) is 7.36. The predicted octanol–water partition coefficient (Wildman–Crippen LogP) is 3.41. The molecule has 4 unspecified atom stereocenters. The van der Waals surface area contributed by atoms with Crippen molar-refractivity contribution in [2.75, 3.05) is 7.11 Å². The number of rotatable bonds is 6. The van der Waals surface area contributed by atoms with Crippen LogP contribution in [0.25, 0.3) is 0 Å². The molecular formula is C20H25NO10P2. The zero-order chi connectivity index (χ0) is 24.4. The van der Waals surface area contributed by atoms with Crippen LogP contribution in [0.5, 0.6) is 11.5 Å². The van der Waals surface area contributed by atoms with Gasteiger partial charge in [0.2, 0.25) is 5.08 Å². The number of hydrogen-bond donors (Lipinski definition) is 3. The molecule has 3 rings (SSSR count). The van der Waals surface area contributed by atoms with Crippen molar-refractivity contribution in [3.8, 4) is 11.5 Å². The number of carbonyl (C=O) groups excluding carboxylic acids is 1. The number of aliphatic hydroxyl groups is 1. The molecule has 1 aliphatic rings. The molecule has 2 heterocycles. The van der Waals surface area contributed by atoms with E-state index in [-0.39, 0.29) is 17.1 Å². The monoisotopic (exact) mass is 501 g/mol. The van der Waals surface area contributed by atoms with E-state index in [2.05, 4.69) is 11.3 Å². The highest BCUT2D eigenvalue weighted by molar-refractivity contribution is 7.78. The van der Waals surface area contributed by atoms with Gasteiger partial charge in [0.05, 0.1) is 13.2 Å². The quantitative estimate of drug-likeness (QED) is 0.303. The number of carbonyl (C=O) groups is 1. The predicted molar refractivity (Wildman–Crippen MR) is 119 cm³/mol. The van der Waals surface area contributed by atoms with Crippen LogP contribution in [0.4, 0.5) is 4.79 Å². The van der Waals surface area contributed by atoms with Crippen LogP contribution >= 0.6 is 14.9 Å². The van der Waals surface area contributed by atoms with Gasteiger partial charge >= 0.3 is 13.8 Å².